The maximum Gasteiger partial charge on any atom is 0.421 e. The van der Waals surface area contributed by atoms with E-state index in [0.717, 1.165) is 0 Å². The first kappa shape index (κ1) is 12.8. The molecule has 0 spiro atoms. The number of aliphatic hydroxyl groups is 1. The van der Waals surface area contributed by atoms with Crippen molar-refractivity contribution >= 4 is 0 Å². The van der Waals surface area contributed by atoms with Crippen LogP contribution < -0.4 is 0 Å². The Morgan fingerprint density at radius 3 is 2.12 bits per heavy atom. The molecule has 0 saturated carbocycles. The van der Waals surface area contributed by atoms with E-state index in [2.05, 4.69) is 6.58 Å². The molecule has 88 valence electrons. The maximum atomic E-state index is 12.9. The molecule has 1 unspecified atom stereocenters. The molecular formula is C12H13F3O. The number of hydrogen-bond donors (Lipinski definition) is 1. The van der Waals surface area contributed by atoms with Gasteiger partial charge in [-0.05, 0) is 12.5 Å². The third kappa shape index (κ3) is 2.44. The highest BCUT2D eigenvalue weighted by Gasteiger charge is 2.54. The first-order chi connectivity index (χ1) is 7.27. The lowest BCUT2D eigenvalue weighted by Crippen LogP contribution is -2.42. The average Bonchev–Trinajstić information content (AvgIpc) is 2.16. The standard InChI is InChI=1S/C12H13F3O/c1-9(2)8-11(16,12(13,14)15)10-6-4-3-5-7-10/h3-7,16H,1,8H2,2H3. The second-order valence-corrected chi connectivity index (χ2v) is 3.86. The molecule has 0 bridgehead atoms. The summed E-state index contributed by atoms with van der Waals surface area (Å²) in [7, 11) is 0. The fourth-order valence-electron chi connectivity index (χ4n) is 1.52. The Hall–Kier alpha value is -1.29. The average molecular weight is 230 g/mol. The van der Waals surface area contributed by atoms with Crippen molar-refractivity contribution in [2.45, 2.75) is 25.1 Å². The normalized spacial score (nSPS) is 15.6. The molecule has 0 aliphatic rings. The zero-order valence-electron chi connectivity index (χ0n) is 8.88. The first-order valence-corrected chi connectivity index (χ1v) is 4.76. The van der Waals surface area contributed by atoms with E-state index in [1.54, 1.807) is 6.07 Å². The van der Waals surface area contributed by atoms with Gasteiger partial charge in [-0.3, -0.25) is 0 Å². The van der Waals surface area contributed by atoms with Crippen molar-refractivity contribution in [3.05, 3.63) is 48.0 Å². The van der Waals surface area contributed by atoms with E-state index in [1.807, 2.05) is 0 Å². The van der Waals surface area contributed by atoms with Gasteiger partial charge >= 0.3 is 6.18 Å². The van der Waals surface area contributed by atoms with Gasteiger partial charge in [0, 0.05) is 6.42 Å². The molecule has 0 fully saturated rings. The van der Waals surface area contributed by atoms with Gasteiger partial charge < -0.3 is 5.11 Å². The molecule has 16 heavy (non-hydrogen) atoms. The lowest BCUT2D eigenvalue weighted by molar-refractivity contribution is -0.266. The van der Waals surface area contributed by atoms with Gasteiger partial charge in [0.1, 0.15) is 0 Å². The number of hydrogen-bond acceptors (Lipinski definition) is 1. The van der Waals surface area contributed by atoms with Crippen LogP contribution in [0.25, 0.3) is 0 Å². The van der Waals surface area contributed by atoms with Crippen LogP contribution in [0.1, 0.15) is 18.9 Å². The first-order valence-electron chi connectivity index (χ1n) is 4.76. The van der Waals surface area contributed by atoms with E-state index >= 15 is 0 Å². The zero-order chi connectivity index (χ0) is 12.4. The van der Waals surface area contributed by atoms with Crippen molar-refractivity contribution in [3.8, 4) is 0 Å². The summed E-state index contributed by atoms with van der Waals surface area (Å²) in [6.07, 6.45) is -5.24. The third-order valence-corrected chi connectivity index (χ3v) is 2.28. The van der Waals surface area contributed by atoms with E-state index in [9.17, 15) is 18.3 Å². The molecule has 0 aromatic heterocycles. The van der Waals surface area contributed by atoms with Crippen molar-refractivity contribution in [1.82, 2.24) is 0 Å². The molecule has 4 heteroatoms. The van der Waals surface area contributed by atoms with Crippen molar-refractivity contribution in [3.63, 3.8) is 0 Å². The van der Waals surface area contributed by atoms with Crippen LogP contribution in [-0.4, -0.2) is 11.3 Å². The van der Waals surface area contributed by atoms with E-state index in [-0.39, 0.29) is 11.1 Å². The minimum absolute atomic E-state index is 0.162. The van der Waals surface area contributed by atoms with Crippen LogP contribution >= 0.6 is 0 Å². The Morgan fingerprint density at radius 1 is 1.25 bits per heavy atom. The van der Waals surface area contributed by atoms with Crippen LogP contribution in [0.2, 0.25) is 0 Å². The predicted octanol–water partition coefficient (Wildman–Crippen LogP) is 3.40. The number of benzene rings is 1. The Bertz CT molecular complexity index is 370. The van der Waals surface area contributed by atoms with Crippen LogP contribution in [0.3, 0.4) is 0 Å². The van der Waals surface area contributed by atoms with Crippen molar-refractivity contribution in [2.75, 3.05) is 0 Å². The smallest absolute Gasteiger partial charge is 0.376 e. The number of halogens is 3. The zero-order valence-corrected chi connectivity index (χ0v) is 8.88. The molecule has 1 nitrogen and oxygen atoms in total. The lowest BCUT2D eigenvalue weighted by Gasteiger charge is -2.31. The Balaban J connectivity index is 3.21. The van der Waals surface area contributed by atoms with Crippen molar-refractivity contribution in [2.24, 2.45) is 0 Å². The molecule has 0 radical (unpaired) electrons. The molecule has 1 atom stereocenters. The van der Waals surface area contributed by atoms with Gasteiger partial charge in [-0.15, -0.1) is 6.58 Å². The van der Waals surface area contributed by atoms with Gasteiger partial charge in [0.2, 0.25) is 0 Å². The fraction of sp³-hybridized carbons (Fsp3) is 0.333. The summed E-state index contributed by atoms with van der Waals surface area (Å²) in [5.41, 5.74) is -2.73. The summed E-state index contributed by atoms with van der Waals surface area (Å²) in [6, 6.07) is 7.04. The predicted molar refractivity (Wildman–Crippen MR) is 55.8 cm³/mol. The van der Waals surface area contributed by atoms with Gasteiger partial charge in [-0.25, -0.2) is 0 Å². The molecule has 0 aliphatic carbocycles. The fourth-order valence-corrected chi connectivity index (χ4v) is 1.52. The summed E-state index contributed by atoms with van der Waals surface area (Å²) in [5.74, 6) is 0. The number of rotatable bonds is 3. The van der Waals surface area contributed by atoms with Crippen LogP contribution in [0, 0.1) is 0 Å². The molecule has 0 saturated heterocycles. The summed E-state index contributed by atoms with van der Waals surface area (Å²) >= 11 is 0. The molecule has 1 aromatic carbocycles. The van der Waals surface area contributed by atoms with Gasteiger partial charge in [-0.2, -0.15) is 13.2 Å². The van der Waals surface area contributed by atoms with Gasteiger partial charge in [0.05, 0.1) is 0 Å². The summed E-state index contributed by atoms with van der Waals surface area (Å²) < 4.78 is 38.6. The van der Waals surface area contributed by atoms with Crippen LogP contribution in [0.15, 0.2) is 42.5 Å². The highest BCUT2D eigenvalue weighted by molar-refractivity contribution is 5.26. The van der Waals surface area contributed by atoms with Crippen LogP contribution in [-0.2, 0) is 5.60 Å². The van der Waals surface area contributed by atoms with Gasteiger partial charge in [-0.1, -0.05) is 35.9 Å². The topological polar surface area (TPSA) is 20.2 Å². The summed E-state index contributed by atoms with van der Waals surface area (Å²) in [4.78, 5) is 0. The Labute approximate surface area is 92.2 Å². The van der Waals surface area contributed by atoms with Gasteiger partial charge in [0.25, 0.3) is 0 Å². The minimum atomic E-state index is -4.71. The Kier molecular flexibility index (Phi) is 3.43. The largest absolute Gasteiger partial charge is 0.421 e. The molecule has 1 aromatic rings. The van der Waals surface area contributed by atoms with E-state index < -0.39 is 18.2 Å². The molecule has 0 amide bonds. The molecule has 0 heterocycles. The minimum Gasteiger partial charge on any atom is -0.376 e. The Morgan fingerprint density at radius 2 is 1.75 bits per heavy atom. The van der Waals surface area contributed by atoms with Crippen molar-refractivity contribution < 1.29 is 18.3 Å². The molecule has 1 rings (SSSR count). The maximum absolute atomic E-state index is 12.9. The van der Waals surface area contributed by atoms with Crippen LogP contribution in [0.5, 0.6) is 0 Å². The highest BCUT2D eigenvalue weighted by atomic mass is 19.4. The van der Waals surface area contributed by atoms with E-state index in [1.165, 1.54) is 31.2 Å². The number of alkyl halides is 3. The summed E-state index contributed by atoms with van der Waals surface area (Å²) in [6.45, 7) is 4.88. The second-order valence-electron chi connectivity index (χ2n) is 3.86. The SMILES string of the molecule is C=C(C)CC(O)(c1ccccc1)C(F)(F)F. The van der Waals surface area contributed by atoms with Gasteiger partial charge in [0.15, 0.2) is 5.60 Å². The molecule has 1 N–H and O–H groups in total. The highest BCUT2D eigenvalue weighted by Crippen LogP contribution is 2.42. The summed E-state index contributed by atoms with van der Waals surface area (Å²) in [5, 5.41) is 9.80. The quantitative estimate of drug-likeness (QED) is 0.789. The molecular weight excluding hydrogens is 217 g/mol. The molecule has 0 aliphatic heterocycles. The van der Waals surface area contributed by atoms with Crippen LogP contribution in [0.4, 0.5) is 13.2 Å². The van der Waals surface area contributed by atoms with Crippen molar-refractivity contribution in [1.29, 1.82) is 0 Å². The van der Waals surface area contributed by atoms with E-state index in [4.69, 9.17) is 0 Å². The monoisotopic (exact) mass is 230 g/mol. The van der Waals surface area contributed by atoms with E-state index in [0.29, 0.717) is 0 Å². The second kappa shape index (κ2) is 4.29. The third-order valence-electron chi connectivity index (χ3n) is 2.28. The lowest BCUT2D eigenvalue weighted by atomic mass is 9.87.